The molecule has 3 aliphatic heterocycles. The molecule has 0 aromatic heterocycles. The largest absolute Gasteiger partial charge is 0.376 e. The van der Waals surface area contributed by atoms with Crippen LogP contribution in [0.5, 0.6) is 0 Å². The fourth-order valence-electron chi connectivity index (χ4n) is 5.65. The zero-order valence-corrected chi connectivity index (χ0v) is 21.9. The van der Waals surface area contributed by atoms with E-state index in [1.54, 1.807) is 15.9 Å². The van der Waals surface area contributed by atoms with Crippen LogP contribution in [0.25, 0.3) is 0 Å². The molecule has 5 rings (SSSR count). The summed E-state index contributed by atoms with van der Waals surface area (Å²) in [7, 11) is 0. The number of hydrogen-bond acceptors (Lipinski definition) is 4. The highest BCUT2D eigenvalue weighted by Gasteiger charge is 2.47. The van der Waals surface area contributed by atoms with Gasteiger partial charge in [-0.1, -0.05) is 60.2 Å². The molecule has 3 heterocycles. The van der Waals surface area contributed by atoms with E-state index < -0.39 is 12.1 Å². The van der Waals surface area contributed by atoms with Crippen LogP contribution in [0.15, 0.2) is 72.5 Å². The third kappa shape index (κ3) is 4.84. The number of rotatable bonds is 8. The summed E-state index contributed by atoms with van der Waals surface area (Å²) < 4.78 is 5.68. The van der Waals surface area contributed by atoms with Gasteiger partial charge in [0.15, 0.2) is 0 Å². The summed E-state index contributed by atoms with van der Waals surface area (Å²) in [6, 6.07) is 13.5. The zero-order valence-electron chi connectivity index (χ0n) is 21.9. The van der Waals surface area contributed by atoms with Gasteiger partial charge in [0.2, 0.25) is 5.91 Å². The van der Waals surface area contributed by atoms with Crippen LogP contribution < -0.4 is 10.6 Å². The molecule has 2 aromatic rings. The maximum absolute atomic E-state index is 14.2. The summed E-state index contributed by atoms with van der Waals surface area (Å²) in [5, 5.41) is 6.05. The lowest BCUT2D eigenvalue weighted by molar-refractivity contribution is -0.137. The second-order valence-electron chi connectivity index (χ2n) is 10.1. The number of carbonyl (C=O) groups excluding carboxylic acids is 3. The molecule has 2 aromatic carbocycles. The van der Waals surface area contributed by atoms with Gasteiger partial charge in [-0.2, -0.15) is 0 Å². The summed E-state index contributed by atoms with van der Waals surface area (Å²) >= 11 is 0. The fourth-order valence-corrected chi connectivity index (χ4v) is 5.65. The van der Waals surface area contributed by atoms with Crippen molar-refractivity contribution >= 4 is 17.8 Å². The molecule has 198 valence electrons. The van der Waals surface area contributed by atoms with Gasteiger partial charge >= 0.3 is 6.03 Å². The zero-order chi connectivity index (χ0) is 26.8. The molecule has 8 heteroatoms. The van der Waals surface area contributed by atoms with Crippen LogP contribution in [-0.2, 0) is 14.3 Å². The Morgan fingerprint density at radius 1 is 1.21 bits per heavy atom. The van der Waals surface area contributed by atoms with Gasteiger partial charge < -0.3 is 20.3 Å². The maximum Gasteiger partial charge on any atom is 0.322 e. The van der Waals surface area contributed by atoms with Gasteiger partial charge in [0.25, 0.3) is 5.91 Å². The van der Waals surface area contributed by atoms with Crippen molar-refractivity contribution in [2.45, 2.75) is 44.9 Å². The first-order chi connectivity index (χ1) is 18.4. The summed E-state index contributed by atoms with van der Waals surface area (Å²) in [6.45, 7) is 9.28. The predicted octanol–water partition coefficient (Wildman–Crippen LogP) is 3.69. The second kappa shape index (κ2) is 10.8. The second-order valence-corrected chi connectivity index (χ2v) is 10.1. The third-order valence-corrected chi connectivity index (χ3v) is 7.50. The molecule has 0 saturated carbocycles. The summed E-state index contributed by atoms with van der Waals surface area (Å²) in [5.74, 6) is -0.530. The van der Waals surface area contributed by atoms with Crippen LogP contribution in [0, 0.1) is 13.8 Å². The molecule has 3 aliphatic rings. The standard InChI is InChI=1S/C30H34N4O4/c1-4-14-33-24-18-34(27(21-9-6-5-7-10-21)28(35)31-17-22-11-8-15-38-22)29(36)25(24)26(32-30(33)37)23-13-12-19(2)16-20(23)3/h4-7,9-10,12-13,16,22,26-27H,1,8,11,14-15,17-18H2,2-3H3,(H,31,35)(H,32,37). The number of nitrogens with one attached hydrogen (secondary N) is 2. The Morgan fingerprint density at radius 2 is 2.00 bits per heavy atom. The first-order valence-electron chi connectivity index (χ1n) is 13.1. The van der Waals surface area contributed by atoms with Crippen molar-refractivity contribution < 1.29 is 19.1 Å². The molecule has 8 nitrogen and oxygen atoms in total. The van der Waals surface area contributed by atoms with Crippen molar-refractivity contribution in [2.24, 2.45) is 0 Å². The summed E-state index contributed by atoms with van der Waals surface area (Å²) in [6.07, 6.45) is 3.49. The van der Waals surface area contributed by atoms with Crippen molar-refractivity contribution in [1.29, 1.82) is 0 Å². The lowest BCUT2D eigenvalue weighted by Crippen LogP contribution is -2.47. The highest BCUT2D eigenvalue weighted by atomic mass is 16.5. The quantitative estimate of drug-likeness (QED) is 0.526. The molecule has 0 spiro atoms. The first kappa shape index (κ1) is 25.7. The maximum atomic E-state index is 14.2. The molecule has 0 bridgehead atoms. The van der Waals surface area contributed by atoms with E-state index in [1.807, 2.05) is 62.4 Å². The molecule has 3 atom stereocenters. The predicted molar refractivity (Wildman–Crippen MR) is 144 cm³/mol. The monoisotopic (exact) mass is 514 g/mol. The Balaban J connectivity index is 1.52. The van der Waals surface area contributed by atoms with Crippen LogP contribution in [0.1, 0.15) is 47.2 Å². The van der Waals surface area contributed by atoms with Crippen LogP contribution in [-0.4, -0.2) is 60.0 Å². The van der Waals surface area contributed by atoms with Crippen LogP contribution in [0.2, 0.25) is 0 Å². The van der Waals surface area contributed by atoms with Gasteiger partial charge in [0, 0.05) is 19.7 Å². The molecule has 38 heavy (non-hydrogen) atoms. The Bertz CT molecular complexity index is 1280. The van der Waals surface area contributed by atoms with Gasteiger partial charge in [-0.25, -0.2) is 4.79 Å². The number of hydrogen-bond donors (Lipinski definition) is 2. The third-order valence-electron chi connectivity index (χ3n) is 7.50. The van der Waals surface area contributed by atoms with E-state index in [2.05, 4.69) is 17.2 Å². The van der Waals surface area contributed by atoms with Crippen LogP contribution >= 0.6 is 0 Å². The van der Waals surface area contributed by atoms with Gasteiger partial charge in [-0.05, 0) is 43.4 Å². The van der Waals surface area contributed by atoms with E-state index in [9.17, 15) is 14.4 Å². The normalized spacial score (nSPS) is 21.8. The van der Waals surface area contributed by atoms with Crippen LogP contribution in [0.4, 0.5) is 4.79 Å². The van der Waals surface area contributed by atoms with Gasteiger partial charge in [0.1, 0.15) is 6.04 Å². The highest BCUT2D eigenvalue weighted by Crippen LogP contribution is 2.40. The van der Waals surface area contributed by atoms with Gasteiger partial charge in [0.05, 0.1) is 30.0 Å². The molecule has 3 unspecified atom stereocenters. The molecular formula is C30H34N4O4. The molecular weight excluding hydrogens is 480 g/mol. The topological polar surface area (TPSA) is 91.0 Å². The van der Waals surface area contributed by atoms with E-state index in [1.165, 1.54) is 0 Å². The number of ether oxygens (including phenoxy) is 1. The average molecular weight is 515 g/mol. The molecule has 0 radical (unpaired) electrons. The number of urea groups is 1. The lowest BCUT2D eigenvalue weighted by Gasteiger charge is -2.33. The molecule has 2 N–H and O–H groups in total. The van der Waals surface area contributed by atoms with Crippen molar-refractivity contribution in [1.82, 2.24) is 20.4 Å². The molecule has 1 saturated heterocycles. The number of carbonyl (C=O) groups is 3. The Labute approximate surface area is 223 Å². The first-order valence-corrected chi connectivity index (χ1v) is 13.1. The average Bonchev–Trinajstić information content (AvgIpc) is 3.54. The Hall–Kier alpha value is -3.91. The van der Waals surface area contributed by atoms with E-state index in [0.717, 1.165) is 29.5 Å². The van der Waals surface area contributed by atoms with Crippen molar-refractivity contribution in [2.75, 3.05) is 26.2 Å². The number of amides is 4. The fraction of sp³-hybridized carbons (Fsp3) is 0.367. The van der Waals surface area contributed by atoms with Gasteiger partial charge in [-0.3, -0.25) is 14.5 Å². The Morgan fingerprint density at radius 3 is 2.68 bits per heavy atom. The highest BCUT2D eigenvalue weighted by molar-refractivity contribution is 6.04. The van der Waals surface area contributed by atoms with E-state index in [-0.39, 0.29) is 37.0 Å². The minimum Gasteiger partial charge on any atom is -0.376 e. The smallest absolute Gasteiger partial charge is 0.322 e. The molecule has 0 aliphatic carbocycles. The molecule has 1 fully saturated rings. The van der Waals surface area contributed by atoms with E-state index in [4.69, 9.17) is 4.74 Å². The van der Waals surface area contributed by atoms with E-state index >= 15 is 0 Å². The van der Waals surface area contributed by atoms with Gasteiger partial charge in [-0.15, -0.1) is 6.58 Å². The number of nitrogens with zero attached hydrogens (tertiary/aromatic N) is 2. The molecule has 4 amide bonds. The SMILES string of the molecule is C=CCN1C(=O)NC(c2ccc(C)cc2C)C2=C1CN(C(C(=O)NCC1CCCO1)c1ccccc1)C2=O. The minimum absolute atomic E-state index is 0.0187. The summed E-state index contributed by atoms with van der Waals surface area (Å²) in [5.41, 5.74) is 4.76. The van der Waals surface area contributed by atoms with E-state index in [0.29, 0.717) is 30.0 Å². The Kier molecular flexibility index (Phi) is 7.33. The van der Waals surface area contributed by atoms with Crippen molar-refractivity contribution in [3.8, 4) is 0 Å². The van der Waals surface area contributed by atoms with Crippen molar-refractivity contribution in [3.63, 3.8) is 0 Å². The van der Waals surface area contributed by atoms with Crippen LogP contribution in [0.3, 0.4) is 0 Å². The van der Waals surface area contributed by atoms with Crippen molar-refractivity contribution in [3.05, 3.63) is 94.7 Å². The number of benzene rings is 2. The lowest BCUT2D eigenvalue weighted by atomic mass is 9.91. The number of aryl methyl sites for hydroxylation is 2. The minimum atomic E-state index is -0.851. The summed E-state index contributed by atoms with van der Waals surface area (Å²) in [4.78, 5) is 44.2.